The van der Waals surface area contributed by atoms with Gasteiger partial charge < -0.3 is 10.1 Å². The Morgan fingerprint density at radius 2 is 2.15 bits per heavy atom. The summed E-state index contributed by atoms with van der Waals surface area (Å²) in [5.74, 6) is 0.353. The van der Waals surface area contributed by atoms with Gasteiger partial charge in [-0.25, -0.2) is 9.37 Å². The van der Waals surface area contributed by atoms with Crippen LogP contribution in [0.1, 0.15) is 19.0 Å². The number of nitrogens with zero attached hydrogens (tertiary/aromatic N) is 2. The average Bonchev–Trinajstić information content (AvgIpc) is 2.38. The van der Waals surface area contributed by atoms with Crippen molar-refractivity contribution in [1.29, 1.82) is 0 Å². The summed E-state index contributed by atoms with van der Waals surface area (Å²) in [6, 6.07) is 4.34. The van der Waals surface area contributed by atoms with E-state index in [0.29, 0.717) is 22.6 Å². The Balaban J connectivity index is 2.07. The molecule has 0 aliphatic heterocycles. The van der Waals surface area contributed by atoms with Crippen molar-refractivity contribution in [1.82, 2.24) is 15.3 Å². The van der Waals surface area contributed by atoms with Crippen LogP contribution in [-0.2, 0) is 6.54 Å². The molecule has 2 aromatic rings. The zero-order valence-corrected chi connectivity index (χ0v) is 12.7. The summed E-state index contributed by atoms with van der Waals surface area (Å²) in [5.41, 5.74) is 0.784. The van der Waals surface area contributed by atoms with Gasteiger partial charge in [-0.05, 0) is 25.1 Å². The van der Waals surface area contributed by atoms with Crippen LogP contribution in [0, 0.1) is 5.82 Å². The van der Waals surface area contributed by atoms with Crippen LogP contribution in [0.5, 0.6) is 11.6 Å². The molecule has 106 valence electrons. The van der Waals surface area contributed by atoms with Crippen LogP contribution in [0.3, 0.4) is 0 Å². The van der Waals surface area contributed by atoms with Gasteiger partial charge in [0.2, 0.25) is 5.88 Å². The highest BCUT2D eigenvalue weighted by atomic mass is 79.9. The summed E-state index contributed by atoms with van der Waals surface area (Å²) in [5, 5.41) is 3.24. The van der Waals surface area contributed by atoms with E-state index in [0.717, 1.165) is 18.7 Å². The second-order valence-corrected chi connectivity index (χ2v) is 5.15. The Morgan fingerprint density at radius 3 is 2.90 bits per heavy atom. The number of benzene rings is 1. The molecule has 1 aromatic heterocycles. The molecule has 6 heteroatoms. The molecule has 2 rings (SSSR count). The molecule has 0 saturated heterocycles. The Morgan fingerprint density at radius 1 is 1.30 bits per heavy atom. The predicted octanol–water partition coefficient (Wildman–Crippen LogP) is 3.67. The molecule has 0 radical (unpaired) electrons. The molecule has 0 atom stereocenters. The molecule has 1 heterocycles. The van der Waals surface area contributed by atoms with Gasteiger partial charge in [-0.15, -0.1) is 0 Å². The van der Waals surface area contributed by atoms with Crippen molar-refractivity contribution in [2.24, 2.45) is 0 Å². The van der Waals surface area contributed by atoms with E-state index in [1.165, 1.54) is 18.3 Å². The van der Waals surface area contributed by atoms with E-state index in [1.807, 2.05) is 0 Å². The van der Waals surface area contributed by atoms with Crippen LogP contribution >= 0.6 is 15.9 Å². The van der Waals surface area contributed by atoms with Gasteiger partial charge >= 0.3 is 0 Å². The molecule has 20 heavy (non-hydrogen) atoms. The first-order valence-corrected chi connectivity index (χ1v) is 7.12. The lowest BCUT2D eigenvalue weighted by Crippen LogP contribution is -2.15. The van der Waals surface area contributed by atoms with E-state index in [-0.39, 0.29) is 5.82 Å². The second kappa shape index (κ2) is 7.31. The van der Waals surface area contributed by atoms with Crippen LogP contribution in [0.2, 0.25) is 0 Å². The van der Waals surface area contributed by atoms with Crippen molar-refractivity contribution in [3.8, 4) is 11.6 Å². The lowest BCUT2D eigenvalue weighted by molar-refractivity contribution is 0.451. The zero-order valence-electron chi connectivity index (χ0n) is 11.1. The third-order valence-electron chi connectivity index (χ3n) is 2.45. The first-order valence-electron chi connectivity index (χ1n) is 6.33. The SMILES string of the molecule is CCCNCc1cncc(Oc2cc(F)cc(Br)c2)n1. The van der Waals surface area contributed by atoms with Gasteiger partial charge in [0.1, 0.15) is 11.6 Å². The fraction of sp³-hybridized carbons (Fsp3) is 0.286. The van der Waals surface area contributed by atoms with Crippen LogP contribution < -0.4 is 10.1 Å². The maximum Gasteiger partial charge on any atom is 0.238 e. The summed E-state index contributed by atoms with van der Waals surface area (Å²) >= 11 is 3.22. The van der Waals surface area contributed by atoms with Crippen molar-refractivity contribution in [2.75, 3.05) is 6.54 Å². The molecule has 0 unspecified atom stereocenters. The van der Waals surface area contributed by atoms with Crippen molar-refractivity contribution in [3.05, 3.63) is 46.6 Å². The molecule has 0 bridgehead atoms. The maximum absolute atomic E-state index is 13.3. The first kappa shape index (κ1) is 14.9. The van der Waals surface area contributed by atoms with E-state index >= 15 is 0 Å². The van der Waals surface area contributed by atoms with Gasteiger partial charge in [-0.2, -0.15) is 0 Å². The van der Waals surface area contributed by atoms with Crippen molar-refractivity contribution < 1.29 is 9.13 Å². The topological polar surface area (TPSA) is 47.0 Å². The highest BCUT2D eigenvalue weighted by Gasteiger charge is 2.04. The molecule has 0 aliphatic carbocycles. The number of hydrogen-bond donors (Lipinski definition) is 1. The smallest absolute Gasteiger partial charge is 0.238 e. The van der Waals surface area contributed by atoms with Crippen LogP contribution in [-0.4, -0.2) is 16.5 Å². The van der Waals surface area contributed by atoms with Crippen LogP contribution in [0.15, 0.2) is 35.1 Å². The number of halogens is 2. The maximum atomic E-state index is 13.3. The number of hydrogen-bond acceptors (Lipinski definition) is 4. The van der Waals surface area contributed by atoms with Crippen LogP contribution in [0.4, 0.5) is 4.39 Å². The van der Waals surface area contributed by atoms with Gasteiger partial charge in [-0.3, -0.25) is 4.98 Å². The first-order chi connectivity index (χ1) is 9.67. The summed E-state index contributed by atoms with van der Waals surface area (Å²) in [4.78, 5) is 8.39. The van der Waals surface area contributed by atoms with E-state index in [4.69, 9.17) is 4.74 Å². The summed E-state index contributed by atoms with van der Waals surface area (Å²) < 4.78 is 19.4. The Labute approximate surface area is 125 Å². The molecule has 1 aromatic carbocycles. The van der Waals surface area contributed by atoms with E-state index in [2.05, 4.69) is 38.1 Å². The zero-order chi connectivity index (χ0) is 14.4. The molecule has 0 spiro atoms. The van der Waals surface area contributed by atoms with Crippen molar-refractivity contribution >= 4 is 15.9 Å². The molecule has 0 fully saturated rings. The summed E-state index contributed by atoms with van der Waals surface area (Å²) in [6.45, 7) is 3.65. The standard InChI is InChI=1S/C14H15BrFN3O/c1-2-3-17-7-12-8-18-9-14(19-12)20-13-5-10(15)4-11(16)6-13/h4-6,8-9,17H,2-3,7H2,1H3. The van der Waals surface area contributed by atoms with E-state index in [9.17, 15) is 4.39 Å². The van der Waals surface area contributed by atoms with Crippen LogP contribution in [0.25, 0.3) is 0 Å². The normalized spacial score (nSPS) is 10.6. The minimum atomic E-state index is -0.372. The number of aromatic nitrogens is 2. The fourth-order valence-corrected chi connectivity index (χ4v) is 2.07. The molecule has 1 N–H and O–H groups in total. The van der Waals surface area contributed by atoms with Crippen molar-refractivity contribution in [3.63, 3.8) is 0 Å². The minimum absolute atomic E-state index is 0.346. The summed E-state index contributed by atoms with van der Waals surface area (Å²) in [6.07, 6.45) is 4.24. The van der Waals surface area contributed by atoms with Gasteiger partial charge in [0, 0.05) is 23.3 Å². The molecule has 0 amide bonds. The molecular weight excluding hydrogens is 325 g/mol. The molecule has 0 aliphatic rings. The Kier molecular flexibility index (Phi) is 5.43. The molecule has 0 saturated carbocycles. The number of ether oxygens (including phenoxy) is 1. The van der Waals surface area contributed by atoms with E-state index in [1.54, 1.807) is 12.3 Å². The number of rotatable bonds is 6. The monoisotopic (exact) mass is 339 g/mol. The molecular formula is C14H15BrFN3O. The highest BCUT2D eigenvalue weighted by molar-refractivity contribution is 9.10. The third kappa shape index (κ3) is 4.54. The largest absolute Gasteiger partial charge is 0.437 e. The second-order valence-electron chi connectivity index (χ2n) is 4.23. The van der Waals surface area contributed by atoms with Gasteiger partial charge in [0.15, 0.2) is 0 Å². The highest BCUT2D eigenvalue weighted by Crippen LogP contribution is 2.24. The average molecular weight is 340 g/mol. The predicted molar refractivity (Wildman–Crippen MR) is 78.2 cm³/mol. The quantitative estimate of drug-likeness (QED) is 0.815. The Hall–Kier alpha value is -1.53. The molecule has 4 nitrogen and oxygen atoms in total. The lowest BCUT2D eigenvalue weighted by atomic mass is 10.3. The fourth-order valence-electron chi connectivity index (χ4n) is 1.62. The van der Waals surface area contributed by atoms with Gasteiger partial charge in [0.25, 0.3) is 0 Å². The van der Waals surface area contributed by atoms with E-state index < -0.39 is 0 Å². The van der Waals surface area contributed by atoms with Crippen molar-refractivity contribution in [2.45, 2.75) is 19.9 Å². The summed E-state index contributed by atoms with van der Waals surface area (Å²) in [7, 11) is 0. The Bertz CT molecular complexity index is 560. The minimum Gasteiger partial charge on any atom is -0.437 e. The lowest BCUT2D eigenvalue weighted by Gasteiger charge is -2.07. The third-order valence-corrected chi connectivity index (χ3v) is 2.91. The van der Waals surface area contributed by atoms with Gasteiger partial charge in [0.05, 0.1) is 11.9 Å². The number of nitrogens with one attached hydrogen (secondary N) is 1. The van der Waals surface area contributed by atoms with Gasteiger partial charge in [-0.1, -0.05) is 22.9 Å².